The minimum atomic E-state index is -1.02. The Hall–Kier alpha value is -2.31. The summed E-state index contributed by atoms with van der Waals surface area (Å²) < 4.78 is 40.3. The maximum Gasteiger partial charge on any atom is 0.152 e. The van der Waals surface area contributed by atoms with Crippen LogP contribution in [0.4, 0.5) is 30.5 Å². The minimum absolute atomic E-state index is 0.285. The highest BCUT2D eigenvalue weighted by atomic mass is 19.1. The topological polar surface area (TPSA) is 49.8 Å². The van der Waals surface area contributed by atoms with Crippen LogP contribution in [0.1, 0.15) is 19.4 Å². The molecule has 0 saturated carbocycles. The van der Waals surface area contributed by atoms with Crippen molar-refractivity contribution < 1.29 is 13.2 Å². The zero-order valence-electron chi connectivity index (χ0n) is 11.7. The molecule has 1 heterocycles. The van der Waals surface area contributed by atoms with Gasteiger partial charge in [-0.05, 0) is 13.3 Å². The fourth-order valence-corrected chi connectivity index (χ4v) is 1.95. The van der Waals surface area contributed by atoms with Crippen LogP contribution in [0.2, 0.25) is 0 Å². The van der Waals surface area contributed by atoms with Crippen molar-refractivity contribution in [2.75, 3.05) is 17.2 Å². The van der Waals surface area contributed by atoms with Gasteiger partial charge in [0.1, 0.15) is 29.5 Å². The first kappa shape index (κ1) is 15.1. The maximum absolute atomic E-state index is 13.7. The zero-order valence-corrected chi connectivity index (χ0v) is 11.7. The van der Waals surface area contributed by atoms with Crippen LogP contribution < -0.4 is 10.6 Å². The van der Waals surface area contributed by atoms with E-state index in [4.69, 9.17) is 0 Å². The molecule has 0 aliphatic carbocycles. The molecule has 21 heavy (non-hydrogen) atoms. The van der Waals surface area contributed by atoms with Gasteiger partial charge in [-0.25, -0.2) is 23.1 Å². The molecule has 112 valence electrons. The monoisotopic (exact) mass is 296 g/mol. The van der Waals surface area contributed by atoms with E-state index in [2.05, 4.69) is 20.6 Å². The van der Waals surface area contributed by atoms with Crippen molar-refractivity contribution in [1.29, 1.82) is 0 Å². The first-order valence-electron chi connectivity index (χ1n) is 6.56. The van der Waals surface area contributed by atoms with Gasteiger partial charge in [0.25, 0.3) is 0 Å². The highest BCUT2D eigenvalue weighted by Crippen LogP contribution is 2.27. The lowest BCUT2D eigenvalue weighted by molar-refractivity contribution is 0.548. The van der Waals surface area contributed by atoms with Gasteiger partial charge in [-0.15, -0.1) is 0 Å². The van der Waals surface area contributed by atoms with E-state index in [1.54, 1.807) is 0 Å². The van der Waals surface area contributed by atoms with Crippen LogP contribution in [0.25, 0.3) is 0 Å². The molecule has 2 rings (SSSR count). The van der Waals surface area contributed by atoms with Crippen molar-refractivity contribution in [3.63, 3.8) is 0 Å². The lowest BCUT2D eigenvalue weighted by Gasteiger charge is -2.14. The highest BCUT2D eigenvalue weighted by molar-refractivity contribution is 5.65. The molecule has 0 bridgehead atoms. The van der Waals surface area contributed by atoms with Crippen molar-refractivity contribution >= 4 is 17.3 Å². The van der Waals surface area contributed by atoms with Gasteiger partial charge in [0.05, 0.1) is 0 Å². The number of hydrogen-bond donors (Lipinski definition) is 2. The van der Waals surface area contributed by atoms with Crippen LogP contribution in [-0.2, 0) is 6.42 Å². The fourth-order valence-electron chi connectivity index (χ4n) is 1.95. The Labute approximate surface area is 120 Å². The summed E-state index contributed by atoms with van der Waals surface area (Å²) in [5.41, 5.74) is 0.259. The predicted molar refractivity (Wildman–Crippen MR) is 75.2 cm³/mol. The van der Waals surface area contributed by atoms with E-state index in [0.29, 0.717) is 36.5 Å². The molecule has 2 aromatic rings. The Bertz CT molecular complexity index is 623. The number of anilines is 3. The normalized spacial score (nSPS) is 10.5. The van der Waals surface area contributed by atoms with Crippen LogP contribution in [0.15, 0.2) is 18.5 Å². The molecular weight excluding hydrogens is 281 g/mol. The summed E-state index contributed by atoms with van der Waals surface area (Å²) in [5, 5.41) is 5.63. The molecule has 1 aromatic heterocycles. The molecule has 1 aromatic carbocycles. The average Bonchev–Trinajstić information content (AvgIpc) is 2.43. The Balaban J connectivity index is 2.42. The van der Waals surface area contributed by atoms with Crippen LogP contribution in [0.3, 0.4) is 0 Å². The second-order valence-electron chi connectivity index (χ2n) is 4.30. The fraction of sp³-hybridized carbons (Fsp3) is 0.286. The van der Waals surface area contributed by atoms with E-state index in [1.807, 2.05) is 13.8 Å². The standard InChI is InChI=1S/C14H15F3N4/c1-3-9-13(18-4-2)19-7-20-14(9)21-12-10(16)5-8(15)6-11(12)17/h5-7H,3-4H2,1-2H3,(H2,18,19,20,21). The minimum Gasteiger partial charge on any atom is -0.370 e. The van der Waals surface area contributed by atoms with E-state index in [9.17, 15) is 13.2 Å². The maximum atomic E-state index is 13.7. The molecule has 0 aliphatic rings. The zero-order chi connectivity index (χ0) is 15.4. The van der Waals surface area contributed by atoms with Crippen LogP contribution >= 0.6 is 0 Å². The van der Waals surface area contributed by atoms with Crippen molar-refractivity contribution in [3.05, 3.63) is 41.5 Å². The summed E-state index contributed by atoms with van der Waals surface area (Å²) in [6.07, 6.45) is 1.86. The summed E-state index contributed by atoms with van der Waals surface area (Å²) in [5.74, 6) is -2.12. The molecule has 0 saturated heterocycles. The number of hydrogen-bond acceptors (Lipinski definition) is 4. The van der Waals surface area contributed by atoms with Crippen LogP contribution in [0.5, 0.6) is 0 Å². The van der Waals surface area contributed by atoms with Crippen molar-refractivity contribution in [2.24, 2.45) is 0 Å². The molecule has 4 nitrogen and oxygen atoms in total. The van der Waals surface area contributed by atoms with Crippen molar-refractivity contribution in [2.45, 2.75) is 20.3 Å². The lowest BCUT2D eigenvalue weighted by Crippen LogP contribution is -2.08. The first-order chi connectivity index (χ1) is 10.1. The van der Waals surface area contributed by atoms with Gasteiger partial charge in [-0.3, -0.25) is 0 Å². The summed E-state index contributed by atoms with van der Waals surface area (Å²) in [7, 11) is 0. The third kappa shape index (κ3) is 3.24. The van der Waals surface area contributed by atoms with E-state index in [0.717, 1.165) is 0 Å². The number of nitrogens with one attached hydrogen (secondary N) is 2. The quantitative estimate of drug-likeness (QED) is 0.884. The first-order valence-corrected chi connectivity index (χ1v) is 6.56. The third-order valence-corrected chi connectivity index (χ3v) is 2.89. The second-order valence-corrected chi connectivity index (χ2v) is 4.30. The van der Waals surface area contributed by atoms with E-state index in [1.165, 1.54) is 6.33 Å². The van der Waals surface area contributed by atoms with Gasteiger partial charge in [-0.1, -0.05) is 6.92 Å². The number of nitrogens with zero attached hydrogens (tertiary/aromatic N) is 2. The summed E-state index contributed by atoms with van der Waals surface area (Å²) in [6, 6.07) is 1.23. The lowest BCUT2D eigenvalue weighted by atomic mass is 10.2. The molecule has 0 amide bonds. The Morgan fingerprint density at radius 1 is 1.00 bits per heavy atom. The smallest absolute Gasteiger partial charge is 0.152 e. The van der Waals surface area contributed by atoms with Crippen molar-refractivity contribution in [1.82, 2.24) is 9.97 Å². The van der Waals surface area contributed by atoms with Gasteiger partial charge in [0, 0.05) is 24.2 Å². The average molecular weight is 296 g/mol. The molecule has 0 spiro atoms. The van der Waals surface area contributed by atoms with Crippen LogP contribution in [-0.4, -0.2) is 16.5 Å². The number of rotatable bonds is 5. The van der Waals surface area contributed by atoms with Gasteiger partial charge in [0.15, 0.2) is 11.6 Å². The molecule has 7 heteroatoms. The molecule has 0 unspecified atom stereocenters. The number of aromatic nitrogens is 2. The highest BCUT2D eigenvalue weighted by Gasteiger charge is 2.15. The van der Waals surface area contributed by atoms with E-state index < -0.39 is 23.1 Å². The van der Waals surface area contributed by atoms with Gasteiger partial charge >= 0.3 is 0 Å². The molecule has 0 aliphatic heterocycles. The molecule has 0 radical (unpaired) electrons. The van der Waals surface area contributed by atoms with Crippen molar-refractivity contribution in [3.8, 4) is 0 Å². The molecule has 0 fully saturated rings. The van der Waals surface area contributed by atoms with Gasteiger partial charge in [-0.2, -0.15) is 0 Å². The SMILES string of the molecule is CCNc1ncnc(Nc2c(F)cc(F)cc2F)c1CC. The molecular formula is C14H15F3N4. The van der Waals surface area contributed by atoms with Gasteiger partial charge in [0.2, 0.25) is 0 Å². The second kappa shape index (κ2) is 6.43. The van der Waals surface area contributed by atoms with Crippen LogP contribution in [0, 0.1) is 17.5 Å². The largest absolute Gasteiger partial charge is 0.370 e. The molecule has 0 atom stereocenters. The summed E-state index contributed by atoms with van der Waals surface area (Å²) >= 11 is 0. The number of benzene rings is 1. The van der Waals surface area contributed by atoms with E-state index in [-0.39, 0.29) is 5.82 Å². The summed E-state index contributed by atoms with van der Waals surface area (Å²) in [4.78, 5) is 8.09. The van der Waals surface area contributed by atoms with E-state index >= 15 is 0 Å². The Morgan fingerprint density at radius 2 is 1.62 bits per heavy atom. The summed E-state index contributed by atoms with van der Waals surface area (Å²) in [6.45, 7) is 4.44. The Kier molecular flexibility index (Phi) is 4.62. The Morgan fingerprint density at radius 3 is 2.19 bits per heavy atom. The predicted octanol–water partition coefficient (Wildman–Crippen LogP) is 3.63. The molecule has 2 N–H and O–H groups in total. The van der Waals surface area contributed by atoms with Gasteiger partial charge < -0.3 is 10.6 Å². The third-order valence-electron chi connectivity index (χ3n) is 2.89. The number of halogens is 3.